The average Bonchev–Trinajstić information content (AvgIpc) is 2.95. The van der Waals surface area contributed by atoms with Crippen molar-refractivity contribution in [3.8, 4) is 11.5 Å². The van der Waals surface area contributed by atoms with Gasteiger partial charge in [0.05, 0.1) is 31.7 Å². The Morgan fingerprint density at radius 3 is 2.00 bits per heavy atom. The molecule has 1 fully saturated rings. The third kappa shape index (κ3) is 5.54. The number of hydrogen-bond acceptors (Lipinski definition) is 4. The highest BCUT2D eigenvalue weighted by Crippen LogP contribution is 2.37. The molecule has 6 heteroatoms. The van der Waals surface area contributed by atoms with Crippen molar-refractivity contribution >= 4 is 11.8 Å². The number of carbonyl (C=O) groups is 2. The summed E-state index contributed by atoms with van der Waals surface area (Å²) < 4.78 is 11.0. The zero-order chi connectivity index (χ0) is 25.4. The monoisotopic (exact) mass is 486 g/mol. The van der Waals surface area contributed by atoms with Crippen LogP contribution in [0.25, 0.3) is 0 Å². The number of ether oxygens (including phenoxy) is 2. The predicted molar refractivity (Wildman–Crippen MR) is 140 cm³/mol. The predicted octanol–water partition coefficient (Wildman–Crippen LogP) is 4.51. The molecule has 0 atom stereocenters. The van der Waals surface area contributed by atoms with Crippen LogP contribution in [-0.2, 0) is 28.0 Å². The van der Waals surface area contributed by atoms with E-state index in [4.69, 9.17) is 9.47 Å². The topological polar surface area (TPSA) is 67.9 Å². The minimum Gasteiger partial charge on any atom is -0.496 e. The molecule has 2 amide bonds. The number of hydrogen-bond donors (Lipinski definition) is 1. The second-order valence-electron chi connectivity index (χ2n) is 9.14. The van der Waals surface area contributed by atoms with E-state index in [2.05, 4.69) is 5.32 Å². The molecule has 0 saturated carbocycles. The highest BCUT2D eigenvalue weighted by molar-refractivity contribution is 5.89. The lowest BCUT2D eigenvalue weighted by Crippen LogP contribution is -2.52. The molecule has 1 saturated heterocycles. The quantitative estimate of drug-likeness (QED) is 0.483. The maximum absolute atomic E-state index is 13.8. The summed E-state index contributed by atoms with van der Waals surface area (Å²) in [7, 11) is 3.21. The second-order valence-corrected chi connectivity index (χ2v) is 9.14. The number of likely N-dealkylation sites (tertiary alicyclic amines) is 1. The Morgan fingerprint density at radius 2 is 1.42 bits per heavy atom. The molecule has 0 unspecified atom stereocenters. The Bertz CT molecular complexity index is 1130. The van der Waals surface area contributed by atoms with Crippen molar-refractivity contribution in [1.82, 2.24) is 10.2 Å². The number of nitrogens with zero attached hydrogens (tertiary/aromatic N) is 1. The van der Waals surface area contributed by atoms with Gasteiger partial charge < -0.3 is 19.7 Å². The van der Waals surface area contributed by atoms with E-state index >= 15 is 0 Å². The minimum atomic E-state index is -0.702. The van der Waals surface area contributed by atoms with Gasteiger partial charge in [0.2, 0.25) is 11.8 Å². The van der Waals surface area contributed by atoms with Crippen LogP contribution in [0.2, 0.25) is 0 Å². The molecule has 4 rings (SSSR count). The number of amides is 2. The van der Waals surface area contributed by atoms with Crippen LogP contribution in [0.1, 0.15) is 36.0 Å². The van der Waals surface area contributed by atoms with Crippen LogP contribution in [0.15, 0.2) is 78.9 Å². The van der Waals surface area contributed by atoms with Gasteiger partial charge >= 0.3 is 0 Å². The van der Waals surface area contributed by atoms with E-state index in [9.17, 15) is 9.59 Å². The average molecular weight is 487 g/mol. The van der Waals surface area contributed by atoms with E-state index in [1.165, 1.54) is 0 Å². The van der Waals surface area contributed by atoms with Crippen molar-refractivity contribution in [2.75, 3.05) is 27.3 Å². The second kappa shape index (κ2) is 11.8. The Balaban J connectivity index is 1.47. The van der Waals surface area contributed by atoms with Crippen LogP contribution in [-0.4, -0.2) is 44.0 Å². The first-order valence-electron chi connectivity index (χ1n) is 12.4. The lowest BCUT2D eigenvalue weighted by molar-refractivity contribution is -0.137. The van der Waals surface area contributed by atoms with E-state index in [1.54, 1.807) is 14.2 Å². The molecule has 1 aliphatic heterocycles. The summed E-state index contributed by atoms with van der Waals surface area (Å²) in [6.45, 7) is 1.39. The van der Waals surface area contributed by atoms with Gasteiger partial charge in [-0.15, -0.1) is 0 Å². The van der Waals surface area contributed by atoms with Gasteiger partial charge in [-0.25, -0.2) is 0 Å². The van der Waals surface area contributed by atoms with Crippen molar-refractivity contribution in [2.24, 2.45) is 0 Å². The maximum Gasteiger partial charge on any atom is 0.231 e. The summed E-state index contributed by atoms with van der Waals surface area (Å²) in [6, 6.07) is 25.5. The lowest BCUT2D eigenvalue weighted by atomic mass is 9.72. The molecule has 188 valence electrons. The fourth-order valence-corrected chi connectivity index (χ4v) is 5.04. The zero-order valence-electron chi connectivity index (χ0n) is 21.0. The number of rotatable bonds is 9. The SMILES string of the molecule is COc1cccc(OC)c1CNC(=O)C1(c2ccccc2)CCN(C(=O)CCc2ccccc2)CC1. The molecular formula is C30H34N2O4. The molecular weight excluding hydrogens is 452 g/mol. The first-order chi connectivity index (χ1) is 17.6. The molecule has 0 spiro atoms. The molecule has 3 aromatic carbocycles. The van der Waals surface area contributed by atoms with Gasteiger partial charge in [-0.1, -0.05) is 66.7 Å². The van der Waals surface area contributed by atoms with Crippen molar-refractivity contribution in [1.29, 1.82) is 0 Å². The molecule has 0 bridgehead atoms. The van der Waals surface area contributed by atoms with Gasteiger partial charge in [-0.3, -0.25) is 9.59 Å². The molecule has 6 nitrogen and oxygen atoms in total. The molecule has 0 aliphatic carbocycles. The minimum absolute atomic E-state index is 0.0435. The van der Waals surface area contributed by atoms with Crippen LogP contribution in [0.5, 0.6) is 11.5 Å². The molecule has 3 aromatic rings. The zero-order valence-corrected chi connectivity index (χ0v) is 21.0. The molecule has 0 aromatic heterocycles. The molecule has 1 heterocycles. The number of aryl methyl sites for hydroxylation is 1. The normalized spacial score (nSPS) is 14.7. The lowest BCUT2D eigenvalue weighted by Gasteiger charge is -2.41. The first-order valence-corrected chi connectivity index (χ1v) is 12.4. The van der Waals surface area contributed by atoms with Gasteiger partial charge in [0.25, 0.3) is 0 Å². The third-order valence-corrected chi connectivity index (χ3v) is 7.16. The third-order valence-electron chi connectivity index (χ3n) is 7.16. The fraction of sp³-hybridized carbons (Fsp3) is 0.333. The van der Waals surface area contributed by atoms with E-state index < -0.39 is 5.41 Å². The van der Waals surface area contributed by atoms with Crippen molar-refractivity contribution < 1.29 is 19.1 Å². The van der Waals surface area contributed by atoms with Crippen LogP contribution >= 0.6 is 0 Å². The number of carbonyl (C=O) groups excluding carboxylic acids is 2. The van der Waals surface area contributed by atoms with Gasteiger partial charge in [0, 0.05) is 19.5 Å². The highest BCUT2D eigenvalue weighted by atomic mass is 16.5. The largest absolute Gasteiger partial charge is 0.496 e. The summed E-state index contributed by atoms with van der Waals surface area (Å²) in [4.78, 5) is 28.6. The summed E-state index contributed by atoms with van der Waals surface area (Å²) >= 11 is 0. The van der Waals surface area contributed by atoms with Crippen molar-refractivity contribution in [3.05, 3.63) is 95.6 Å². The summed E-state index contributed by atoms with van der Waals surface area (Å²) in [6.07, 6.45) is 2.34. The van der Waals surface area contributed by atoms with Crippen LogP contribution < -0.4 is 14.8 Å². The molecule has 1 N–H and O–H groups in total. The number of methoxy groups -OCH3 is 2. The van der Waals surface area contributed by atoms with Crippen LogP contribution in [0.4, 0.5) is 0 Å². The van der Waals surface area contributed by atoms with Crippen molar-refractivity contribution in [3.63, 3.8) is 0 Å². The van der Waals surface area contributed by atoms with Crippen molar-refractivity contribution in [2.45, 2.75) is 37.6 Å². The van der Waals surface area contributed by atoms with Gasteiger partial charge in [-0.05, 0) is 42.5 Å². The molecule has 1 aliphatic rings. The number of benzene rings is 3. The Kier molecular flexibility index (Phi) is 8.26. The maximum atomic E-state index is 13.8. The Hall–Kier alpha value is -3.80. The number of nitrogens with one attached hydrogen (secondary N) is 1. The summed E-state index contributed by atoms with van der Waals surface area (Å²) in [5.74, 6) is 1.43. The Morgan fingerprint density at radius 1 is 0.833 bits per heavy atom. The van der Waals surface area contributed by atoms with E-state index in [0.717, 1.165) is 23.1 Å². The highest BCUT2D eigenvalue weighted by Gasteiger charge is 2.43. The van der Waals surface area contributed by atoms with Crippen LogP contribution in [0.3, 0.4) is 0 Å². The summed E-state index contributed by atoms with van der Waals surface area (Å²) in [5, 5.41) is 3.15. The Labute approximate surface area is 213 Å². The smallest absolute Gasteiger partial charge is 0.231 e. The molecule has 0 radical (unpaired) electrons. The van der Waals surface area contributed by atoms with E-state index in [1.807, 2.05) is 83.8 Å². The fourth-order valence-electron chi connectivity index (χ4n) is 5.04. The van der Waals surface area contributed by atoms with Gasteiger partial charge in [-0.2, -0.15) is 0 Å². The van der Waals surface area contributed by atoms with E-state index in [0.29, 0.717) is 50.4 Å². The first kappa shape index (κ1) is 25.3. The van der Waals surface area contributed by atoms with Gasteiger partial charge in [0.15, 0.2) is 0 Å². The van der Waals surface area contributed by atoms with E-state index in [-0.39, 0.29) is 11.8 Å². The number of piperidine rings is 1. The van der Waals surface area contributed by atoms with Crippen LogP contribution in [0, 0.1) is 0 Å². The summed E-state index contributed by atoms with van der Waals surface area (Å²) in [5.41, 5.74) is 2.23. The van der Waals surface area contributed by atoms with Gasteiger partial charge in [0.1, 0.15) is 11.5 Å². The molecule has 36 heavy (non-hydrogen) atoms. The standard InChI is InChI=1S/C30H34N2O4/c1-35-26-14-9-15-27(36-2)25(26)22-31-29(34)30(24-12-7-4-8-13-24)18-20-32(21-19-30)28(33)17-16-23-10-5-3-6-11-23/h3-15H,16-22H2,1-2H3,(H,31,34).